The first-order valence-electron chi connectivity index (χ1n) is 4.77. The lowest BCUT2D eigenvalue weighted by atomic mass is 10.3. The van der Waals surface area contributed by atoms with E-state index in [1.54, 1.807) is 22.7 Å². The summed E-state index contributed by atoms with van der Waals surface area (Å²) in [6.45, 7) is 2.46. The molecule has 2 aromatic rings. The molecule has 16 heavy (non-hydrogen) atoms. The highest BCUT2D eigenvalue weighted by Gasteiger charge is 2.05. The van der Waals surface area contributed by atoms with Crippen LogP contribution in [0.15, 0.2) is 24.3 Å². The SMILES string of the molecule is Cc1ccc(-c2ccc(CNC(=O)O)s2)s1. The molecular formula is C11H11NO2S2. The van der Waals surface area contributed by atoms with Crippen LogP contribution in [0, 0.1) is 6.92 Å². The van der Waals surface area contributed by atoms with Crippen molar-refractivity contribution in [2.75, 3.05) is 0 Å². The molecule has 0 aliphatic carbocycles. The van der Waals surface area contributed by atoms with Gasteiger partial charge in [-0.25, -0.2) is 4.79 Å². The largest absolute Gasteiger partial charge is 0.465 e. The third kappa shape index (κ3) is 2.62. The Balaban J connectivity index is 2.10. The maximum absolute atomic E-state index is 10.3. The number of rotatable bonds is 3. The minimum Gasteiger partial charge on any atom is -0.465 e. The van der Waals surface area contributed by atoms with Crippen molar-refractivity contribution in [2.24, 2.45) is 0 Å². The Bertz CT molecular complexity index is 502. The van der Waals surface area contributed by atoms with E-state index in [1.165, 1.54) is 14.6 Å². The second-order valence-corrected chi connectivity index (χ2v) is 5.79. The maximum atomic E-state index is 10.3. The van der Waals surface area contributed by atoms with Gasteiger partial charge in [0.2, 0.25) is 0 Å². The van der Waals surface area contributed by atoms with E-state index >= 15 is 0 Å². The van der Waals surface area contributed by atoms with Gasteiger partial charge in [-0.15, -0.1) is 22.7 Å². The van der Waals surface area contributed by atoms with Gasteiger partial charge in [-0.2, -0.15) is 0 Å². The van der Waals surface area contributed by atoms with Crippen molar-refractivity contribution < 1.29 is 9.90 Å². The van der Waals surface area contributed by atoms with Crippen LogP contribution in [0.4, 0.5) is 4.79 Å². The number of carbonyl (C=O) groups is 1. The van der Waals surface area contributed by atoms with Crippen LogP contribution in [0.3, 0.4) is 0 Å². The average Bonchev–Trinajstić information content (AvgIpc) is 2.83. The molecule has 0 bridgehead atoms. The molecule has 0 unspecified atom stereocenters. The lowest BCUT2D eigenvalue weighted by molar-refractivity contribution is 0.194. The van der Waals surface area contributed by atoms with E-state index < -0.39 is 6.09 Å². The molecule has 2 rings (SSSR count). The topological polar surface area (TPSA) is 49.3 Å². The molecule has 0 fully saturated rings. The first-order valence-corrected chi connectivity index (χ1v) is 6.41. The Morgan fingerprint density at radius 2 is 1.94 bits per heavy atom. The van der Waals surface area contributed by atoms with Crippen LogP contribution in [0.2, 0.25) is 0 Å². The lowest BCUT2D eigenvalue weighted by Gasteiger charge is -1.95. The Kier molecular flexibility index (Phi) is 3.26. The molecule has 2 aromatic heterocycles. The quantitative estimate of drug-likeness (QED) is 0.878. The number of aryl methyl sites for hydroxylation is 1. The van der Waals surface area contributed by atoms with Crippen LogP contribution in [0.5, 0.6) is 0 Å². The van der Waals surface area contributed by atoms with Gasteiger partial charge in [-0.1, -0.05) is 0 Å². The highest BCUT2D eigenvalue weighted by Crippen LogP contribution is 2.33. The fourth-order valence-electron chi connectivity index (χ4n) is 1.34. The summed E-state index contributed by atoms with van der Waals surface area (Å²) in [6, 6.07) is 8.19. The third-order valence-electron chi connectivity index (χ3n) is 2.06. The van der Waals surface area contributed by atoms with E-state index in [2.05, 4.69) is 24.4 Å². The number of hydrogen-bond donors (Lipinski definition) is 2. The molecule has 0 aliphatic heterocycles. The standard InChI is InChI=1S/C11H11NO2S2/c1-7-2-4-9(15-7)10-5-3-8(16-10)6-12-11(13)14/h2-5,12H,6H2,1H3,(H,13,14). The zero-order valence-electron chi connectivity index (χ0n) is 8.69. The van der Waals surface area contributed by atoms with E-state index in [0.717, 1.165) is 4.88 Å². The number of nitrogens with one attached hydrogen (secondary N) is 1. The van der Waals surface area contributed by atoms with Gasteiger partial charge in [0, 0.05) is 19.5 Å². The Hall–Kier alpha value is -1.33. The molecule has 1 amide bonds. The van der Waals surface area contributed by atoms with Gasteiger partial charge in [0.15, 0.2) is 0 Å². The second-order valence-electron chi connectivity index (χ2n) is 3.33. The number of carboxylic acid groups (broad SMARTS) is 1. The molecule has 0 spiro atoms. The summed E-state index contributed by atoms with van der Waals surface area (Å²) in [5.41, 5.74) is 0. The summed E-state index contributed by atoms with van der Waals surface area (Å²) in [5.74, 6) is 0. The van der Waals surface area contributed by atoms with E-state index in [4.69, 9.17) is 5.11 Å². The minimum atomic E-state index is -0.984. The Morgan fingerprint density at radius 1 is 1.25 bits per heavy atom. The number of amides is 1. The molecule has 0 saturated carbocycles. The molecule has 2 heterocycles. The van der Waals surface area contributed by atoms with Crippen molar-refractivity contribution in [3.63, 3.8) is 0 Å². The fraction of sp³-hybridized carbons (Fsp3) is 0.182. The Morgan fingerprint density at radius 3 is 2.56 bits per heavy atom. The van der Waals surface area contributed by atoms with Gasteiger partial charge in [0.25, 0.3) is 0 Å². The smallest absolute Gasteiger partial charge is 0.404 e. The van der Waals surface area contributed by atoms with Crippen LogP contribution in [-0.2, 0) is 6.54 Å². The molecule has 0 aromatic carbocycles. The summed E-state index contributed by atoms with van der Waals surface area (Å²) in [6.07, 6.45) is -0.984. The summed E-state index contributed by atoms with van der Waals surface area (Å²) in [4.78, 5) is 15.1. The van der Waals surface area contributed by atoms with Crippen LogP contribution in [0.1, 0.15) is 9.75 Å². The van der Waals surface area contributed by atoms with Gasteiger partial charge < -0.3 is 10.4 Å². The first kappa shape index (κ1) is 11.2. The molecule has 3 nitrogen and oxygen atoms in total. The third-order valence-corrected chi connectivity index (χ3v) is 4.34. The highest BCUT2D eigenvalue weighted by molar-refractivity contribution is 7.22. The first-order chi connectivity index (χ1) is 7.65. The maximum Gasteiger partial charge on any atom is 0.404 e. The summed E-state index contributed by atoms with van der Waals surface area (Å²) >= 11 is 3.38. The van der Waals surface area contributed by atoms with Crippen LogP contribution < -0.4 is 5.32 Å². The summed E-state index contributed by atoms with van der Waals surface area (Å²) in [5, 5.41) is 10.9. The van der Waals surface area contributed by atoms with Crippen molar-refractivity contribution in [1.29, 1.82) is 0 Å². The van der Waals surface area contributed by atoms with Gasteiger partial charge in [-0.05, 0) is 31.2 Å². The van der Waals surface area contributed by atoms with Crippen molar-refractivity contribution in [2.45, 2.75) is 13.5 Å². The fourth-order valence-corrected chi connectivity index (χ4v) is 3.24. The molecule has 2 N–H and O–H groups in total. The van der Waals surface area contributed by atoms with Crippen molar-refractivity contribution >= 4 is 28.8 Å². The van der Waals surface area contributed by atoms with E-state index in [9.17, 15) is 4.79 Å². The van der Waals surface area contributed by atoms with Crippen LogP contribution >= 0.6 is 22.7 Å². The second kappa shape index (κ2) is 4.67. The van der Waals surface area contributed by atoms with Gasteiger partial charge in [-0.3, -0.25) is 0 Å². The zero-order valence-corrected chi connectivity index (χ0v) is 10.3. The van der Waals surface area contributed by atoms with Crippen molar-refractivity contribution in [3.8, 4) is 9.75 Å². The predicted molar refractivity (Wildman–Crippen MR) is 67.2 cm³/mol. The lowest BCUT2D eigenvalue weighted by Crippen LogP contribution is -2.19. The monoisotopic (exact) mass is 253 g/mol. The molecule has 0 radical (unpaired) electrons. The average molecular weight is 253 g/mol. The highest BCUT2D eigenvalue weighted by atomic mass is 32.1. The normalized spacial score (nSPS) is 10.3. The van der Waals surface area contributed by atoms with E-state index in [0.29, 0.717) is 6.54 Å². The zero-order chi connectivity index (χ0) is 11.5. The minimum absolute atomic E-state index is 0.379. The molecule has 5 heteroatoms. The molecule has 84 valence electrons. The summed E-state index contributed by atoms with van der Waals surface area (Å²) in [7, 11) is 0. The van der Waals surface area contributed by atoms with Crippen LogP contribution in [0.25, 0.3) is 9.75 Å². The van der Waals surface area contributed by atoms with Gasteiger partial charge in [0.1, 0.15) is 0 Å². The molecule has 0 atom stereocenters. The molecule has 0 aliphatic rings. The number of thiophene rings is 2. The van der Waals surface area contributed by atoms with Gasteiger partial charge >= 0.3 is 6.09 Å². The van der Waals surface area contributed by atoms with Crippen molar-refractivity contribution in [3.05, 3.63) is 34.0 Å². The van der Waals surface area contributed by atoms with Crippen LogP contribution in [-0.4, -0.2) is 11.2 Å². The number of hydrogen-bond acceptors (Lipinski definition) is 3. The van der Waals surface area contributed by atoms with Gasteiger partial charge in [0.05, 0.1) is 6.54 Å². The Labute approximate surface area is 101 Å². The molecule has 0 saturated heterocycles. The van der Waals surface area contributed by atoms with Crippen molar-refractivity contribution in [1.82, 2.24) is 5.32 Å². The summed E-state index contributed by atoms with van der Waals surface area (Å²) < 4.78 is 0. The predicted octanol–water partition coefficient (Wildman–Crippen LogP) is 3.55. The van der Waals surface area contributed by atoms with E-state index in [1.807, 2.05) is 12.1 Å². The molecular weight excluding hydrogens is 242 g/mol. The van der Waals surface area contributed by atoms with E-state index in [-0.39, 0.29) is 0 Å².